The third kappa shape index (κ3) is 2.25. The van der Waals surface area contributed by atoms with Crippen LogP contribution in [-0.4, -0.2) is 23.4 Å². The molecule has 1 saturated heterocycles. The summed E-state index contributed by atoms with van der Waals surface area (Å²) in [6.45, 7) is 5.45. The molecule has 20 heavy (non-hydrogen) atoms. The third-order valence-electron chi connectivity index (χ3n) is 3.58. The van der Waals surface area contributed by atoms with Gasteiger partial charge in [-0.2, -0.15) is 5.26 Å². The Kier molecular flexibility index (Phi) is 3.49. The molecule has 0 unspecified atom stereocenters. The molecule has 1 aliphatic heterocycles. The predicted molar refractivity (Wildman–Crippen MR) is 73.6 cm³/mol. The van der Waals surface area contributed by atoms with E-state index in [0.717, 1.165) is 16.0 Å². The summed E-state index contributed by atoms with van der Waals surface area (Å²) in [7, 11) is 0. The van der Waals surface area contributed by atoms with Crippen molar-refractivity contribution in [1.82, 2.24) is 10.2 Å². The van der Waals surface area contributed by atoms with Gasteiger partial charge in [-0.05, 0) is 26.3 Å². The molecule has 1 fully saturated rings. The largest absolute Gasteiger partial charge is 0.325 e. The molecule has 0 bridgehead atoms. The van der Waals surface area contributed by atoms with Crippen LogP contribution < -0.4 is 5.32 Å². The summed E-state index contributed by atoms with van der Waals surface area (Å²) in [6.07, 6.45) is 0. The lowest BCUT2D eigenvalue weighted by Crippen LogP contribution is -2.41. The Bertz CT molecular complexity index is 588. The van der Waals surface area contributed by atoms with Gasteiger partial charge in [0.25, 0.3) is 5.91 Å². The minimum atomic E-state index is -1.06. The highest BCUT2D eigenvalue weighted by Crippen LogP contribution is 2.29. The summed E-state index contributed by atoms with van der Waals surface area (Å²) in [6, 6.07) is 9.07. The number of nitrogens with zero attached hydrogens (tertiary/aromatic N) is 2. The van der Waals surface area contributed by atoms with Crippen molar-refractivity contribution in [3.05, 3.63) is 35.4 Å². The molecule has 1 aromatic carbocycles. The lowest BCUT2D eigenvalue weighted by molar-refractivity contribution is -0.131. The third-order valence-corrected chi connectivity index (χ3v) is 3.58. The number of carbonyl (C=O) groups is 2. The molecule has 5 nitrogen and oxygen atoms in total. The Hall–Kier alpha value is -2.35. The van der Waals surface area contributed by atoms with Crippen LogP contribution in [0, 0.1) is 24.2 Å². The van der Waals surface area contributed by atoms with Crippen LogP contribution in [0.1, 0.15) is 25.0 Å². The normalized spacial score (nSPS) is 23.4. The molecule has 0 aliphatic carbocycles. The fraction of sp³-hybridized carbons (Fsp3) is 0.400. The highest BCUT2D eigenvalue weighted by Gasteiger charge is 2.49. The van der Waals surface area contributed by atoms with Crippen molar-refractivity contribution >= 4 is 11.9 Å². The molecule has 3 amide bonds. The quantitative estimate of drug-likeness (QED) is 0.854. The van der Waals surface area contributed by atoms with Crippen molar-refractivity contribution in [3.8, 4) is 6.07 Å². The van der Waals surface area contributed by atoms with Crippen LogP contribution in [0.5, 0.6) is 0 Å². The summed E-state index contributed by atoms with van der Waals surface area (Å²) in [4.78, 5) is 25.6. The number of hydrogen-bond acceptors (Lipinski definition) is 3. The maximum absolute atomic E-state index is 12.5. The van der Waals surface area contributed by atoms with Crippen LogP contribution >= 0.6 is 0 Å². The van der Waals surface area contributed by atoms with Gasteiger partial charge in [-0.15, -0.1) is 0 Å². The molecule has 5 heteroatoms. The molecule has 2 rings (SSSR count). The lowest BCUT2D eigenvalue weighted by atomic mass is 9.91. The van der Waals surface area contributed by atoms with E-state index < -0.39 is 11.6 Å². The maximum Gasteiger partial charge on any atom is 0.325 e. The zero-order valence-electron chi connectivity index (χ0n) is 11.8. The van der Waals surface area contributed by atoms with Gasteiger partial charge in [-0.3, -0.25) is 9.69 Å². The second-order valence-corrected chi connectivity index (χ2v) is 5.37. The molecular formula is C15H17N3O2. The van der Waals surface area contributed by atoms with Gasteiger partial charge in [0, 0.05) is 6.54 Å². The van der Waals surface area contributed by atoms with Crippen LogP contribution in [0.2, 0.25) is 0 Å². The van der Waals surface area contributed by atoms with Crippen molar-refractivity contribution in [1.29, 1.82) is 5.26 Å². The van der Waals surface area contributed by atoms with E-state index in [1.807, 2.05) is 37.3 Å². The number of nitriles is 1. The first-order valence-corrected chi connectivity index (χ1v) is 6.49. The van der Waals surface area contributed by atoms with E-state index >= 15 is 0 Å². The lowest BCUT2D eigenvalue weighted by Gasteiger charge is -2.22. The van der Waals surface area contributed by atoms with Crippen molar-refractivity contribution in [2.45, 2.75) is 26.3 Å². The van der Waals surface area contributed by atoms with Crippen molar-refractivity contribution in [2.75, 3.05) is 6.54 Å². The molecule has 0 spiro atoms. The van der Waals surface area contributed by atoms with Gasteiger partial charge in [0.1, 0.15) is 5.54 Å². The van der Waals surface area contributed by atoms with Gasteiger partial charge in [-0.1, -0.05) is 29.8 Å². The fourth-order valence-corrected chi connectivity index (χ4v) is 2.26. The monoisotopic (exact) mass is 271 g/mol. The molecular weight excluding hydrogens is 254 g/mol. The number of benzene rings is 1. The minimum Gasteiger partial charge on any atom is -0.319 e. The van der Waals surface area contributed by atoms with E-state index in [4.69, 9.17) is 5.26 Å². The number of rotatable bonds is 3. The van der Waals surface area contributed by atoms with Crippen LogP contribution in [0.3, 0.4) is 0 Å². The van der Waals surface area contributed by atoms with Gasteiger partial charge < -0.3 is 5.32 Å². The van der Waals surface area contributed by atoms with E-state index in [1.54, 1.807) is 13.8 Å². The molecule has 0 aromatic heterocycles. The Morgan fingerprint density at radius 3 is 2.50 bits per heavy atom. The van der Waals surface area contributed by atoms with Crippen molar-refractivity contribution in [3.63, 3.8) is 0 Å². The standard InChI is InChI=1S/C15H17N3O2/c1-10-4-6-12(7-5-10)15(3)13(19)18(14(20)17-15)9-11(2)8-16/h4-7,11H,9H2,1-3H3,(H,17,20)/t11-,15+/m0/s1. The highest BCUT2D eigenvalue weighted by molar-refractivity contribution is 6.07. The molecule has 1 heterocycles. The molecule has 104 valence electrons. The van der Waals surface area contributed by atoms with Gasteiger partial charge in [-0.25, -0.2) is 4.79 Å². The first-order valence-electron chi connectivity index (χ1n) is 6.49. The Balaban J connectivity index is 2.31. The van der Waals surface area contributed by atoms with E-state index in [-0.39, 0.29) is 18.4 Å². The number of urea groups is 1. The Morgan fingerprint density at radius 2 is 1.95 bits per heavy atom. The fourth-order valence-electron chi connectivity index (χ4n) is 2.26. The zero-order chi connectivity index (χ0) is 14.9. The Labute approximate surface area is 118 Å². The summed E-state index contributed by atoms with van der Waals surface area (Å²) in [5.41, 5.74) is 0.776. The van der Waals surface area contributed by atoms with E-state index in [0.29, 0.717) is 0 Å². The average Bonchev–Trinajstić information content (AvgIpc) is 2.64. The average molecular weight is 271 g/mol. The molecule has 2 atom stereocenters. The topological polar surface area (TPSA) is 73.2 Å². The number of hydrogen-bond donors (Lipinski definition) is 1. The molecule has 0 radical (unpaired) electrons. The summed E-state index contributed by atoms with van der Waals surface area (Å²) in [5, 5.41) is 11.5. The minimum absolute atomic E-state index is 0.114. The van der Waals surface area contributed by atoms with Gasteiger partial charge in [0.05, 0.1) is 12.0 Å². The first-order chi connectivity index (χ1) is 9.38. The molecule has 0 saturated carbocycles. The van der Waals surface area contributed by atoms with Crippen LogP contribution in [0.4, 0.5) is 4.79 Å². The predicted octanol–water partition coefficient (Wildman–Crippen LogP) is 1.92. The molecule has 1 aliphatic rings. The first kappa shape index (κ1) is 14.1. The summed E-state index contributed by atoms with van der Waals surface area (Å²) < 4.78 is 0. The SMILES string of the molecule is Cc1ccc([C@@]2(C)NC(=O)N(C[C@@H](C)C#N)C2=O)cc1. The molecule has 1 N–H and O–H groups in total. The molecule has 1 aromatic rings. The van der Waals surface area contributed by atoms with Crippen molar-refractivity contribution in [2.24, 2.45) is 5.92 Å². The van der Waals surface area contributed by atoms with Gasteiger partial charge in [0.15, 0.2) is 0 Å². The van der Waals surface area contributed by atoms with Gasteiger partial charge >= 0.3 is 6.03 Å². The zero-order valence-corrected chi connectivity index (χ0v) is 11.8. The van der Waals surface area contributed by atoms with E-state index in [2.05, 4.69) is 5.32 Å². The number of imide groups is 1. The highest BCUT2D eigenvalue weighted by atomic mass is 16.2. The summed E-state index contributed by atoms with van der Waals surface area (Å²) in [5.74, 6) is -0.696. The second-order valence-electron chi connectivity index (χ2n) is 5.37. The van der Waals surface area contributed by atoms with Crippen LogP contribution in [0.25, 0.3) is 0 Å². The maximum atomic E-state index is 12.5. The van der Waals surface area contributed by atoms with Crippen molar-refractivity contribution < 1.29 is 9.59 Å². The smallest absolute Gasteiger partial charge is 0.319 e. The second kappa shape index (κ2) is 4.97. The number of nitrogens with one attached hydrogen (secondary N) is 1. The summed E-state index contributed by atoms with van der Waals surface area (Å²) >= 11 is 0. The Morgan fingerprint density at radius 1 is 1.35 bits per heavy atom. The van der Waals surface area contributed by atoms with Crippen LogP contribution in [-0.2, 0) is 10.3 Å². The van der Waals surface area contributed by atoms with E-state index in [9.17, 15) is 9.59 Å². The number of carbonyl (C=O) groups excluding carboxylic acids is 2. The number of amides is 3. The van der Waals surface area contributed by atoms with Crippen LogP contribution in [0.15, 0.2) is 24.3 Å². The number of aryl methyl sites for hydroxylation is 1. The van der Waals surface area contributed by atoms with E-state index in [1.165, 1.54) is 0 Å². The van der Waals surface area contributed by atoms with Gasteiger partial charge in [0.2, 0.25) is 0 Å².